The number of methoxy groups -OCH3 is 3. The maximum absolute atomic E-state index is 6.01. The fourth-order valence-corrected chi connectivity index (χ4v) is 4.80. The zero-order valence-electron chi connectivity index (χ0n) is 17.8. The van der Waals surface area contributed by atoms with E-state index in [1.165, 1.54) is 5.56 Å². The first-order valence-electron chi connectivity index (χ1n) is 10.0. The molecule has 0 unspecified atom stereocenters. The molecular weight excluding hydrogens is 402 g/mol. The predicted molar refractivity (Wildman–Crippen MR) is 116 cm³/mol. The van der Waals surface area contributed by atoms with Crippen molar-refractivity contribution in [2.45, 2.75) is 32.2 Å². The van der Waals surface area contributed by atoms with E-state index in [9.17, 15) is 0 Å². The number of thiophene rings is 1. The molecule has 1 saturated heterocycles. The zero-order chi connectivity index (χ0) is 21.1. The van der Waals surface area contributed by atoms with E-state index < -0.39 is 0 Å². The second-order valence-electron chi connectivity index (χ2n) is 7.42. The van der Waals surface area contributed by atoms with Crippen molar-refractivity contribution in [3.63, 3.8) is 0 Å². The molecule has 0 aliphatic carbocycles. The van der Waals surface area contributed by atoms with Crippen molar-refractivity contribution >= 4 is 11.3 Å². The van der Waals surface area contributed by atoms with Crippen LogP contribution in [0.5, 0.6) is 17.2 Å². The molecular formula is C22H27N3O4S. The minimum Gasteiger partial charge on any atom is -0.493 e. The molecule has 1 aliphatic heterocycles. The van der Waals surface area contributed by atoms with Crippen LogP contribution in [0.4, 0.5) is 0 Å². The molecule has 3 heterocycles. The summed E-state index contributed by atoms with van der Waals surface area (Å²) in [5.41, 5.74) is 2.26. The molecule has 0 N–H and O–H groups in total. The zero-order valence-corrected chi connectivity index (χ0v) is 18.6. The second kappa shape index (κ2) is 9.06. The molecule has 0 amide bonds. The average molecular weight is 430 g/mol. The monoisotopic (exact) mass is 429 g/mol. The fraction of sp³-hybridized carbons (Fsp3) is 0.455. The molecule has 2 aromatic heterocycles. The van der Waals surface area contributed by atoms with Crippen molar-refractivity contribution < 1.29 is 18.6 Å². The van der Waals surface area contributed by atoms with Crippen LogP contribution in [-0.2, 0) is 6.54 Å². The van der Waals surface area contributed by atoms with Gasteiger partial charge in [0.2, 0.25) is 11.6 Å². The number of benzene rings is 1. The van der Waals surface area contributed by atoms with Crippen LogP contribution >= 0.6 is 11.3 Å². The predicted octanol–water partition coefficient (Wildman–Crippen LogP) is 4.51. The van der Waals surface area contributed by atoms with E-state index >= 15 is 0 Å². The molecule has 0 radical (unpaired) electrons. The van der Waals surface area contributed by atoms with Crippen molar-refractivity contribution in [3.8, 4) is 28.0 Å². The topological polar surface area (TPSA) is 69.9 Å². The lowest BCUT2D eigenvalue weighted by Gasteiger charge is -2.31. The Kier molecular flexibility index (Phi) is 6.24. The Labute approximate surface area is 180 Å². The van der Waals surface area contributed by atoms with Crippen LogP contribution in [0, 0.1) is 6.92 Å². The van der Waals surface area contributed by atoms with Gasteiger partial charge in [-0.15, -0.1) is 21.5 Å². The lowest BCUT2D eigenvalue weighted by Crippen LogP contribution is -2.32. The molecule has 0 spiro atoms. The third kappa shape index (κ3) is 4.02. The van der Waals surface area contributed by atoms with Crippen molar-refractivity contribution in [2.75, 3.05) is 34.4 Å². The van der Waals surface area contributed by atoms with Gasteiger partial charge < -0.3 is 18.6 Å². The highest BCUT2D eigenvalue weighted by Gasteiger charge is 2.27. The molecule has 8 heteroatoms. The van der Waals surface area contributed by atoms with Gasteiger partial charge in [-0.3, -0.25) is 4.90 Å². The van der Waals surface area contributed by atoms with E-state index in [2.05, 4.69) is 33.5 Å². The van der Waals surface area contributed by atoms with Crippen LogP contribution in [0.15, 0.2) is 28.0 Å². The van der Waals surface area contributed by atoms with E-state index in [1.807, 2.05) is 12.1 Å². The molecule has 0 saturated carbocycles. The highest BCUT2D eigenvalue weighted by atomic mass is 32.1. The average Bonchev–Trinajstić information content (AvgIpc) is 3.42. The van der Waals surface area contributed by atoms with Gasteiger partial charge in [-0.2, -0.15) is 0 Å². The van der Waals surface area contributed by atoms with E-state index in [0.717, 1.165) is 54.6 Å². The van der Waals surface area contributed by atoms with Crippen LogP contribution in [0.3, 0.4) is 0 Å². The van der Waals surface area contributed by atoms with Gasteiger partial charge in [0.1, 0.15) is 0 Å². The first kappa shape index (κ1) is 20.7. The Balaban J connectivity index is 1.41. The number of hydrogen-bond acceptors (Lipinski definition) is 8. The van der Waals surface area contributed by atoms with Crippen molar-refractivity contribution in [2.24, 2.45) is 0 Å². The molecule has 160 valence electrons. The van der Waals surface area contributed by atoms with E-state index in [0.29, 0.717) is 23.3 Å². The number of nitrogens with zero attached hydrogens (tertiary/aromatic N) is 3. The van der Waals surface area contributed by atoms with Gasteiger partial charge in [0, 0.05) is 18.0 Å². The number of rotatable bonds is 7. The summed E-state index contributed by atoms with van der Waals surface area (Å²) < 4.78 is 22.5. The van der Waals surface area contributed by atoms with Gasteiger partial charge in [-0.25, -0.2) is 0 Å². The fourth-order valence-electron chi connectivity index (χ4n) is 3.95. The standard InChI is InChI=1S/C22H27N3O4S/c1-14-9-12-30-20(14)22-24-23-21(29-22)15-7-10-25(11-8-15)13-16-5-6-17(26-2)19(28-4)18(16)27-3/h5-6,9,12,15H,7-8,10-11,13H2,1-4H3. The normalized spacial score (nSPS) is 15.3. The molecule has 3 aromatic rings. The van der Waals surface area contributed by atoms with Gasteiger partial charge in [0.05, 0.1) is 26.2 Å². The molecule has 1 aromatic carbocycles. The molecule has 0 bridgehead atoms. The van der Waals surface area contributed by atoms with Gasteiger partial charge >= 0.3 is 0 Å². The van der Waals surface area contributed by atoms with Crippen LogP contribution in [0.2, 0.25) is 0 Å². The van der Waals surface area contributed by atoms with Crippen molar-refractivity contribution in [1.82, 2.24) is 15.1 Å². The first-order valence-corrected chi connectivity index (χ1v) is 10.9. The number of likely N-dealkylation sites (tertiary alicyclic amines) is 1. The summed E-state index contributed by atoms with van der Waals surface area (Å²) in [5, 5.41) is 10.7. The summed E-state index contributed by atoms with van der Waals surface area (Å²) in [7, 11) is 4.92. The van der Waals surface area contributed by atoms with E-state index in [4.69, 9.17) is 18.6 Å². The Hall–Kier alpha value is -2.58. The Morgan fingerprint density at radius 3 is 2.43 bits per heavy atom. The molecule has 7 nitrogen and oxygen atoms in total. The summed E-state index contributed by atoms with van der Waals surface area (Å²) in [6.07, 6.45) is 1.97. The minimum absolute atomic E-state index is 0.301. The number of hydrogen-bond donors (Lipinski definition) is 0. The molecule has 1 aliphatic rings. The minimum atomic E-state index is 0.301. The van der Waals surface area contributed by atoms with Crippen LogP contribution in [-0.4, -0.2) is 49.5 Å². The SMILES string of the molecule is COc1ccc(CN2CCC(c3nnc(-c4sccc4C)o3)CC2)c(OC)c1OC. The Morgan fingerprint density at radius 2 is 1.80 bits per heavy atom. The maximum Gasteiger partial charge on any atom is 0.258 e. The third-order valence-electron chi connectivity index (χ3n) is 5.61. The Morgan fingerprint density at radius 1 is 1.03 bits per heavy atom. The summed E-state index contributed by atoms with van der Waals surface area (Å²) in [5.74, 6) is 3.72. The number of aryl methyl sites for hydroxylation is 1. The summed E-state index contributed by atoms with van der Waals surface area (Å²) >= 11 is 1.64. The second-order valence-corrected chi connectivity index (χ2v) is 8.34. The van der Waals surface area contributed by atoms with Gasteiger partial charge in [-0.05, 0) is 55.9 Å². The van der Waals surface area contributed by atoms with Crippen molar-refractivity contribution in [3.05, 3.63) is 40.6 Å². The molecule has 1 fully saturated rings. The smallest absolute Gasteiger partial charge is 0.258 e. The van der Waals surface area contributed by atoms with Gasteiger partial charge in [-0.1, -0.05) is 6.07 Å². The van der Waals surface area contributed by atoms with Gasteiger partial charge in [0.15, 0.2) is 11.5 Å². The summed E-state index contributed by atoms with van der Waals surface area (Å²) in [4.78, 5) is 3.48. The number of ether oxygens (including phenoxy) is 3. The largest absolute Gasteiger partial charge is 0.493 e. The Bertz CT molecular complexity index is 992. The highest BCUT2D eigenvalue weighted by molar-refractivity contribution is 7.13. The molecule has 4 rings (SSSR count). The molecule has 0 atom stereocenters. The van der Waals surface area contributed by atoms with E-state index in [1.54, 1.807) is 32.7 Å². The van der Waals surface area contributed by atoms with Gasteiger partial charge in [0.25, 0.3) is 5.89 Å². The first-order chi connectivity index (χ1) is 14.6. The summed E-state index contributed by atoms with van der Waals surface area (Å²) in [6.45, 7) is 4.77. The van der Waals surface area contributed by atoms with Crippen molar-refractivity contribution in [1.29, 1.82) is 0 Å². The lowest BCUT2D eigenvalue weighted by molar-refractivity contribution is 0.190. The van der Waals surface area contributed by atoms with E-state index in [-0.39, 0.29) is 0 Å². The number of aromatic nitrogens is 2. The molecule has 30 heavy (non-hydrogen) atoms. The quantitative estimate of drug-likeness (QED) is 0.547. The number of piperidine rings is 1. The highest BCUT2D eigenvalue weighted by Crippen LogP contribution is 2.41. The van der Waals surface area contributed by atoms with Crippen LogP contribution < -0.4 is 14.2 Å². The third-order valence-corrected chi connectivity index (χ3v) is 6.62. The maximum atomic E-state index is 6.01. The van der Waals surface area contributed by atoms with Crippen LogP contribution in [0.1, 0.15) is 35.8 Å². The summed E-state index contributed by atoms with van der Waals surface area (Å²) in [6, 6.07) is 6.04. The van der Waals surface area contributed by atoms with Crippen LogP contribution in [0.25, 0.3) is 10.8 Å². The lowest BCUT2D eigenvalue weighted by atomic mass is 9.96.